The van der Waals surface area contributed by atoms with Gasteiger partial charge in [-0.05, 0) is 54.5 Å². The van der Waals surface area contributed by atoms with Gasteiger partial charge in [0.05, 0.1) is 5.56 Å². The lowest BCUT2D eigenvalue weighted by atomic mass is 9.85. The average Bonchev–Trinajstić information content (AvgIpc) is 2.67. The molecule has 0 saturated heterocycles. The number of aromatic nitrogens is 2. The number of benzene rings is 1. The second-order valence-corrected chi connectivity index (χ2v) is 9.26. The summed E-state index contributed by atoms with van der Waals surface area (Å²) >= 11 is 6.59. The van der Waals surface area contributed by atoms with Crippen molar-refractivity contribution in [1.82, 2.24) is 9.97 Å². The molecule has 1 aromatic carbocycles. The molecule has 0 aliphatic rings. The first-order valence-electron chi connectivity index (χ1n) is 10.3. The van der Waals surface area contributed by atoms with Gasteiger partial charge in [0.1, 0.15) is 5.69 Å². The predicted molar refractivity (Wildman–Crippen MR) is 127 cm³/mol. The summed E-state index contributed by atoms with van der Waals surface area (Å²) in [5, 5.41) is 0.659. The van der Waals surface area contributed by atoms with Gasteiger partial charge in [-0.3, -0.25) is 14.6 Å². The summed E-state index contributed by atoms with van der Waals surface area (Å²) in [6.07, 6.45) is 2.18. The van der Waals surface area contributed by atoms with Gasteiger partial charge in [0.25, 0.3) is 5.91 Å². The van der Waals surface area contributed by atoms with Crippen molar-refractivity contribution in [2.75, 3.05) is 0 Å². The molecule has 0 saturated carbocycles. The SMILES string of the molecule is CCc1ccnc(C(N)=O)c1-c1c(C)[nH]c(-c2cc(Cl)c(C(C)(C)C)cc2C)cc1=O. The summed E-state index contributed by atoms with van der Waals surface area (Å²) in [4.78, 5) is 32.7. The first kappa shape index (κ1) is 22.8. The van der Waals surface area contributed by atoms with Gasteiger partial charge >= 0.3 is 0 Å². The van der Waals surface area contributed by atoms with Crippen LogP contribution in [0.25, 0.3) is 22.4 Å². The fourth-order valence-electron chi connectivity index (χ4n) is 3.95. The molecule has 0 radical (unpaired) electrons. The molecule has 0 atom stereocenters. The third kappa shape index (κ3) is 4.28. The predicted octanol–water partition coefficient (Wildman–Crippen LogP) is 5.33. The molecule has 3 aromatic rings. The minimum atomic E-state index is -0.659. The van der Waals surface area contributed by atoms with E-state index < -0.39 is 5.91 Å². The first-order chi connectivity index (χ1) is 14.5. The van der Waals surface area contributed by atoms with Crippen LogP contribution in [-0.4, -0.2) is 15.9 Å². The molecule has 0 bridgehead atoms. The van der Waals surface area contributed by atoms with Crippen LogP contribution in [0.2, 0.25) is 5.02 Å². The molecule has 3 N–H and O–H groups in total. The summed E-state index contributed by atoms with van der Waals surface area (Å²) in [7, 11) is 0. The highest BCUT2D eigenvalue weighted by atomic mass is 35.5. The number of nitrogens with one attached hydrogen (secondary N) is 1. The van der Waals surface area contributed by atoms with E-state index in [9.17, 15) is 9.59 Å². The molecular formula is C25H28ClN3O2. The summed E-state index contributed by atoms with van der Waals surface area (Å²) in [5.74, 6) is -0.659. The number of hydrogen-bond donors (Lipinski definition) is 2. The Bertz CT molecular complexity index is 1240. The lowest BCUT2D eigenvalue weighted by Gasteiger charge is -2.23. The first-order valence-corrected chi connectivity index (χ1v) is 10.7. The number of amides is 1. The minimum absolute atomic E-state index is 0.0877. The number of aryl methyl sites for hydroxylation is 3. The molecule has 3 rings (SSSR count). The Morgan fingerprint density at radius 2 is 1.84 bits per heavy atom. The molecular weight excluding hydrogens is 410 g/mol. The number of pyridine rings is 2. The number of nitrogens with zero attached hydrogens (tertiary/aromatic N) is 1. The maximum absolute atomic E-state index is 13.3. The van der Waals surface area contributed by atoms with Gasteiger partial charge in [0.2, 0.25) is 0 Å². The number of aromatic amines is 1. The summed E-state index contributed by atoms with van der Waals surface area (Å²) in [6, 6.07) is 7.33. The van der Waals surface area contributed by atoms with Crippen molar-refractivity contribution in [2.45, 2.75) is 53.4 Å². The van der Waals surface area contributed by atoms with Gasteiger partial charge < -0.3 is 10.7 Å². The standard InChI is InChI=1S/C25H28ClN3O2/c1-7-15-8-9-28-23(24(27)31)22(15)21-14(3)29-19(12-20(21)30)16-11-18(26)17(10-13(16)2)25(4,5)6/h8-12H,7H2,1-6H3,(H2,27,31)(H,29,30). The van der Waals surface area contributed by atoms with Crippen LogP contribution in [0.1, 0.15) is 60.6 Å². The largest absolute Gasteiger partial charge is 0.364 e. The number of rotatable bonds is 4. The highest BCUT2D eigenvalue weighted by Gasteiger charge is 2.22. The Morgan fingerprint density at radius 3 is 2.39 bits per heavy atom. The van der Waals surface area contributed by atoms with Crippen molar-refractivity contribution < 1.29 is 4.79 Å². The molecule has 1 amide bonds. The molecule has 2 heterocycles. The van der Waals surface area contributed by atoms with E-state index in [1.165, 1.54) is 0 Å². The van der Waals surface area contributed by atoms with E-state index in [1.807, 2.05) is 32.9 Å². The Balaban J connectivity index is 2.24. The zero-order valence-electron chi connectivity index (χ0n) is 18.8. The van der Waals surface area contributed by atoms with Crippen LogP contribution in [0.3, 0.4) is 0 Å². The molecule has 162 valence electrons. The van der Waals surface area contributed by atoms with Crippen molar-refractivity contribution in [3.05, 3.63) is 73.8 Å². The third-order valence-corrected chi connectivity index (χ3v) is 5.85. The molecule has 31 heavy (non-hydrogen) atoms. The second kappa shape index (κ2) is 8.31. The zero-order chi connectivity index (χ0) is 23.1. The van der Waals surface area contributed by atoms with Crippen molar-refractivity contribution in [1.29, 1.82) is 0 Å². The van der Waals surface area contributed by atoms with Crippen molar-refractivity contribution in [3.63, 3.8) is 0 Å². The third-order valence-electron chi connectivity index (χ3n) is 5.53. The smallest absolute Gasteiger partial charge is 0.267 e. The number of H-pyrrole nitrogens is 1. The summed E-state index contributed by atoms with van der Waals surface area (Å²) in [6.45, 7) is 12.1. The molecule has 0 unspecified atom stereocenters. The van der Waals surface area contributed by atoms with Gasteiger partial charge in [-0.25, -0.2) is 0 Å². The van der Waals surface area contributed by atoms with E-state index in [-0.39, 0.29) is 16.5 Å². The molecule has 5 nitrogen and oxygen atoms in total. The molecule has 0 spiro atoms. The van der Waals surface area contributed by atoms with Crippen LogP contribution < -0.4 is 11.2 Å². The van der Waals surface area contributed by atoms with E-state index in [1.54, 1.807) is 12.3 Å². The second-order valence-electron chi connectivity index (χ2n) is 8.86. The molecule has 0 aliphatic heterocycles. The minimum Gasteiger partial charge on any atom is -0.364 e. The van der Waals surface area contributed by atoms with E-state index >= 15 is 0 Å². The molecule has 0 fully saturated rings. The van der Waals surface area contributed by atoms with Crippen LogP contribution in [0, 0.1) is 13.8 Å². The van der Waals surface area contributed by atoms with E-state index in [2.05, 4.69) is 36.8 Å². The summed E-state index contributed by atoms with van der Waals surface area (Å²) in [5.41, 5.74) is 11.4. The number of carbonyl (C=O) groups is 1. The Morgan fingerprint density at radius 1 is 1.16 bits per heavy atom. The molecule has 6 heteroatoms. The van der Waals surface area contributed by atoms with E-state index in [0.717, 1.165) is 22.3 Å². The average molecular weight is 438 g/mol. The molecule has 2 aromatic heterocycles. The van der Waals surface area contributed by atoms with Gasteiger partial charge in [0.15, 0.2) is 5.43 Å². The van der Waals surface area contributed by atoms with Crippen molar-refractivity contribution in [2.24, 2.45) is 5.73 Å². The normalized spacial score (nSPS) is 11.6. The number of carbonyl (C=O) groups excluding carboxylic acids is 1. The Hall–Kier alpha value is -2.92. The van der Waals surface area contributed by atoms with Gasteiger partial charge in [-0.1, -0.05) is 45.4 Å². The topological polar surface area (TPSA) is 88.8 Å². The number of hydrogen-bond acceptors (Lipinski definition) is 3. The van der Waals surface area contributed by atoms with Crippen LogP contribution in [0.15, 0.2) is 35.3 Å². The van der Waals surface area contributed by atoms with Gasteiger partial charge in [0, 0.05) is 39.8 Å². The Labute approximate surface area is 187 Å². The van der Waals surface area contributed by atoms with Crippen LogP contribution >= 0.6 is 11.6 Å². The Kier molecular flexibility index (Phi) is 6.10. The molecule has 0 aliphatic carbocycles. The number of primary amides is 1. The fourth-order valence-corrected chi connectivity index (χ4v) is 4.40. The maximum atomic E-state index is 13.3. The maximum Gasteiger partial charge on any atom is 0.267 e. The lowest BCUT2D eigenvalue weighted by molar-refractivity contribution is 0.0996. The van der Waals surface area contributed by atoms with Crippen molar-refractivity contribution in [3.8, 4) is 22.4 Å². The fraction of sp³-hybridized carbons (Fsp3) is 0.320. The number of halogens is 1. The highest BCUT2D eigenvalue weighted by molar-refractivity contribution is 6.31. The van der Waals surface area contributed by atoms with Gasteiger partial charge in [-0.15, -0.1) is 0 Å². The van der Waals surface area contributed by atoms with Crippen LogP contribution in [0.5, 0.6) is 0 Å². The van der Waals surface area contributed by atoms with E-state index in [4.69, 9.17) is 17.3 Å². The lowest BCUT2D eigenvalue weighted by Crippen LogP contribution is -2.19. The van der Waals surface area contributed by atoms with Crippen LogP contribution in [0.4, 0.5) is 0 Å². The highest BCUT2D eigenvalue weighted by Crippen LogP contribution is 2.35. The monoisotopic (exact) mass is 437 g/mol. The van der Waals surface area contributed by atoms with Gasteiger partial charge in [-0.2, -0.15) is 0 Å². The quantitative estimate of drug-likeness (QED) is 0.577. The summed E-state index contributed by atoms with van der Waals surface area (Å²) < 4.78 is 0. The van der Waals surface area contributed by atoms with E-state index in [0.29, 0.717) is 34.0 Å². The van der Waals surface area contributed by atoms with Crippen LogP contribution in [-0.2, 0) is 11.8 Å². The number of nitrogens with two attached hydrogens (primary N) is 1. The zero-order valence-corrected chi connectivity index (χ0v) is 19.6. The van der Waals surface area contributed by atoms with Crippen molar-refractivity contribution >= 4 is 17.5 Å².